The third-order valence-electron chi connectivity index (χ3n) is 3.75. The van der Waals surface area contributed by atoms with Crippen molar-refractivity contribution >= 4 is 23.7 Å². The normalized spacial score (nSPS) is 16.8. The van der Waals surface area contributed by atoms with E-state index in [0.717, 1.165) is 31.7 Å². The molecule has 2 aromatic rings. The quantitative estimate of drug-likeness (QED) is 0.878. The van der Waals surface area contributed by atoms with Gasteiger partial charge >= 0.3 is 6.61 Å². The molecule has 0 aliphatic carbocycles. The smallest absolute Gasteiger partial charge is 0.387 e. The number of benzene rings is 1. The van der Waals surface area contributed by atoms with E-state index in [2.05, 4.69) is 26.4 Å². The molecule has 3 nitrogen and oxygen atoms in total. The highest BCUT2D eigenvalue weighted by molar-refractivity contribution is 7.10. The molecule has 0 radical (unpaired) electrons. The van der Waals surface area contributed by atoms with Gasteiger partial charge < -0.3 is 10.1 Å². The summed E-state index contributed by atoms with van der Waals surface area (Å²) in [7, 11) is 0. The van der Waals surface area contributed by atoms with Gasteiger partial charge in [-0.25, -0.2) is 0 Å². The summed E-state index contributed by atoms with van der Waals surface area (Å²) in [5, 5.41) is 5.42. The van der Waals surface area contributed by atoms with Gasteiger partial charge in [0.05, 0.1) is 6.04 Å². The van der Waals surface area contributed by atoms with Crippen molar-refractivity contribution in [3.8, 4) is 5.75 Å². The zero-order valence-corrected chi connectivity index (χ0v) is 14.1. The summed E-state index contributed by atoms with van der Waals surface area (Å²) in [6.45, 7) is 1.09. The fraction of sp³-hybridized carbons (Fsp3) is 0.375. The molecule has 0 saturated carbocycles. The zero-order chi connectivity index (χ0) is 15.4. The molecule has 1 atom stereocenters. The predicted molar refractivity (Wildman–Crippen MR) is 90.9 cm³/mol. The second-order valence-corrected chi connectivity index (χ2v) is 6.13. The molecule has 0 spiro atoms. The molecule has 1 aromatic heterocycles. The maximum absolute atomic E-state index is 12.3. The van der Waals surface area contributed by atoms with Crippen LogP contribution in [0.5, 0.6) is 5.75 Å². The van der Waals surface area contributed by atoms with Gasteiger partial charge in [0.1, 0.15) is 5.75 Å². The van der Waals surface area contributed by atoms with Gasteiger partial charge in [0.2, 0.25) is 0 Å². The van der Waals surface area contributed by atoms with Crippen molar-refractivity contribution in [3.63, 3.8) is 0 Å². The van der Waals surface area contributed by atoms with Crippen molar-refractivity contribution in [2.75, 3.05) is 26.2 Å². The molecule has 1 N–H and O–H groups in total. The van der Waals surface area contributed by atoms with Crippen LogP contribution in [0.1, 0.15) is 16.5 Å². The first-order valence-corrected chi connectivity index (χ1v) is 8.15. The summed E-state index contributed by atoms with van der Waals surface area (Å²) < 4.78 is 28.9. The molecule has 1 aliphatic heterocycles. The Morgan fingerprint density at radius 2 is 1.78 bits per heavy atom. The van der Waals surface area contributed by atoms with Crippen LogP contribution in [0.2, 0.25) is 0 Å². The van der Waals surface area contributed by atoms with Gasteiger partial charge in [-0.05, 0) is 29.1 Å². The largest absolute Gasteiger partial charge is 0.435 e. The summed E-state index contributed by atoms with van der Waals surface area (Å²) in [5.74, 6) is 0.198. The van der Waals surface area contributed by atoms with E-state index in [4.69, 9.17) is 0 Å². The lowest BCUT2D eigenvalue weighted by atomic mass is 10.0. The summed E-state index contributed by atoms with van der Waals surface area (Å²) >= 11 is 1.72. The molecular weight excluding hydrogens is 342 g/mol. The topological polar surface area (TPSA) is 24.5 Å². The van der Waals surface area contributed by atoms with Crippen LogP contribution >= 0.6 is 23.7 Å². The number of thiophene rings is 1. The highest BCUT2D eigenvalue weighted by Crippen LogP contribution is 2.33. The number of hydrogen-bond acceptors (Lipinski definition) is 4. The van der Waals surface area contributed by atoms with Crippen molar-refractivity contribution in [2.45, 2.75) is 12.7 Å². The molecule has 0 unspecified atom stereocenters. The van der Waals surface area contributed by atoms with Gasteiger partial charge in [-0.3, -0.25) is 4.90 Å². The zero-order valence-electron chi connectivity index (χ0n) is 12.5. The minimum Gasteiger partial charge on any atom is -0.435 e. The number of hydrogen-bond donors (Lipinski definition) is 1. The van der Waals surface area contributed by atoms with E-state index in [9.17, 15) is 8.78 Å². The number of alkyl halides is 2. The van der Waals surface area contributed by atoms with Crippen LogP contribution in [-0.4, -0.2) is 37.7 Å². The van der Waals surface area contributed by atoms with E-state index in [1.165, 1.54) is 4.88 Å². The van der Waals surface area contributed by atoms with E-state index >= 15 is 0 Å². The Balaban J connectivity index is 0.00000192. The highest BCUT2D eigenvalue weighted by Gasteiger charge is 2.24. The Kier molecular flexibility index (Phi) is 6.77. The first-order chi connectivity index (χ1) is 10.7. The second kappa shape index (κ2) is 8.59. The van der Waals surface area contributed by atoms with E-state index in [1.807, 2.05) is 18.2 Å². The lowest BCUT2D eigenvalue weighted by Gasteiger charge is -2.34. The summed E-state index contributed by atoms with van der Waals surface area (Å²) in [6.07, 6.45) is 0. The minimum atomic E-state index is -2.79. The van der Waals surface area contributed by atoms with Gasteiger partial charge in [0.15, 0.2) is 0 Å². The van der Waals surface area contributed by atoms with Gasteiger partial charge in [-0.1, -0.05) is 18.2 Å². The van der Waals surface area contributed by atoms with Gasteiger partial charge in [-0.2, -0.15) is 8.78 Å². The lowest BCUT2D eigenvalue weighted by Crippen LogP contribution is -2.45. The van der Waals surface area contributed by atoms with Crippen LogP contribution in [0.25, 0.3) is 0 Å². The van der Waals surface area contributed by atoms with Gasteiger partial charge in [0, 0.05) is 31.1 Å². The molecular formula is C16H19ClF2N2OS. The molecule has 0 amide bonds. The molecule has 1 aliphatic rings. The predicted octanol–water partition coefficient (Wildman–Crippen LogP) is 3.77. The van der Waals surface area contributed by atoms with Crippen molar-refractivity contribution in [2.24, 2.45) is 0 Å². The van der Waals surface area contributed by atoms with Crippen LogP contribution in [0, 0.1) is 0 Å². The fourth-order valence-corrected chi connectivity index (χ4v) is 3.66. The van der Waals surface area contributed by atoms with Crippen molar-refractivity contribution in [1.29, 1.82) is 0 Å². The first kappa shape index (κ1) is 18.1. The third-order valence-corrected chi connectivity index (χ3v) is 4.68. The molecule has 2 heterocycles. The average Bonchev–Trinajstić information content (AvgIpc) is 3.04. The van der Waals surface area contributed by atoms with Crippen LogP contribution in [0.4, 0.5) is 8.78 Å². The Hall–Kier alpha value is -1.21. The SMILES string of the molecule is Cl.FC(F)Oc1ccc([C@H](c2cccs2)N2CCNCC2)cc1. The monoisotopic (exact) mass is 360 g/mol. The Labute approximate surface area is 144 Å². The van der Waals surface area contributed by atoms with Crippen LogP contribution < -0.4 is 10.1 Å². The third kappa shape index (κ3) is 4.64. The molecule has 0 bridgehead atoms. The molecule has 1 fully saturated rings. The lowest BCUT2D eigenvalue weighted by molar-refractivity contribution is -0.0498. The summed E-state index contributed by atoms with van der Waals surface area (Å²) in [5.41, 5.74) is 1.10. The van der Waals surface area contributed by atoms with Crippen LogP contribution in [-0.2, 0) is 0 Å². The first-order valence-electron chi connectivity index (χ1n) is 7.27. The number of piperazine rings is 1. The average molecular weight is 361 g/mol. The Morgan fingerprint density at radius 1 is 1.09 bits per heavy atom. The van der Waals surface area contributed by atoms with E-state index < -0.39 is 6.61 Å². The standard InChI is InChI=1S/C16H18F2N2OS.ClH/c17-16(18)21-13-5-3-12(4-6-13)15(14-2-1-11-22-14)20-9-7-19-8-10-20;/h1-6,11,15-16,19H,7-10H2;1H/t15-;/m1./s1. The van der Waals surface area contributed by atoms with E-state index in [0.29, 0.717) is 0 Å². The number of ether oxygens (including phenoxy) is 1. The van der Waals surface area contributed by atoms with Crippen molar-refractivity contribution < 1.29 is 13.5 Å². The maximum Gasteiger partial charge on any atom is 0.387 e. The fourth-order valence-electron chi connectivity index (χ4n) is 2.77. The second-order valence-electron chi connectivity index (χ2n) is 5.15. The molecule has 3 rings (SSSR count). The van der Waals surface area contributed by atoms with Gasteiger partial charge in [0.25, 0.3) is 0 Å². The van der Waals surface area contributed by atoms with Crippen LogP contribution in [0.15, 0.2) is 41.8 Å². The Morgan fingerprint density at radius 3 is 2.35 bits per heavy atom. The number of nitrogens with one attached hydrogen (secondary N) is 1. The maximum atomic E-state index is 12.3. The molecule has 7 heteroatoms. The molecule has 23 heavy (non-hydrogen) atoms. The van der Waals surface area contributed by atoms with Gasteiger partial charge in [-0.15, -0.1) is 23.7 Å². The molecule has 1 saturated heterocycles. The molecule has 1 aromatic carbocycles. The van der Waals surface area contributed by atoms with E-state index in [-0.39, 0.29) is 24.2 Å². The molecule has 126 valence electrons. The van der Waals surface area contributed by atoms with Crippen LogP contribution in [0.3, 0.4) is 0 Å². The number of nitrogens with zero attached hydrogens (tertiary/aromatic N) is 1. The number of rotatable bonds is 5. The summed E-state index contributed by atoms with van der Waals surface area (Å²) in [4.78, 5) is 3.69. The van der Waals surface area contributed by atoms with E-state index in [1.54, 1.807) is 23.5 Å². The van der Waals surface area contributed by atoms with Crippen molar-refractivity contribution in [1.82, 2.24) is 10.2 Å². The minimum absolute atomic E-state index is 0. The van der Waals surface area contributed by atoms with Crippen molar-refractivity contribution in [3.05, 3.63) is 52.2 Å². The Bertz CT molecular complexity index is 574. The summed E-state index contributed by atoms with van der Waals surface area (Å²) in [6, 6.07) is 11.3. The number of halogens is 3. The highest BCUT2D eigenvalue weighted by atomic mass is 35.5.